The molecular weight excluding hydrogens is 426 g/mol. The van der Waals surface area contributed by atoms with E-state index in [2.05, 4.69) is 125 Å². The molecule has 0 saturated carbocycles. The number of benzene rings is 5. The molecule has 0 N–H and O–H groups in total. The number of anilines is 3. The van der Waals surface area contributed by atoms with Gasteiger partial charge in [-0.1, -0.05) is 87.5 Å². The van der Waals surface area contributed by atoms with Gasteiger partial charge in [-0.05, 0) is 71.3 Å². The van der Waals surface area contributed by atoms with Crippen LogP contribution in [0, 0.1) is 20.8 Å². The first-order chi connectivity index (χ1) is 16.7. The van der Waals surface area contributed by atoms with E-state index in [0.29, 0.717) is 0 Å². The molecule has 0 unspecified atom stereocenters. The minimum atomic E-state index is 0.0887. The maximum absolute atomic E-state index is 6.64. The molecule has 35 heavy (non-hydrogen) atoms. The van der Waals surface area contributed by atoms with Crippen LogP contribution in [0.4, 0.5) is 17.1 Å². The zero-order valence-electron chi connectivity index (χ0n) is 21.4. The standard InChI is InChI=1S/C33H31NO/c1-20-19-29-32(27-14-10-9-12-25(20)27)34(30-21(2)17-24(18-22(30)3)33(4,5)6)31-26-13-8-7-11-23(26)15-16-28(31)35-29/h7-19H,1-6H3. The van der Waals surface area contributed by atoms with Crippen LogP contribution >= 0.6 is 0 Å². The van der Waals surface area contributed by atoms with E-state index in [-0.39, 0.29) is 5.41 Å². The van der Waals surface area contributed by atoms with E-state index in [0.717, 1.165) is 22.9 Å². The Hall–Kier alpha value is -3.78. The molecule has 5 aromatic carbocycles. The summed E-state index contributed by atoms with van der Waals surface area (Å²) >= 11 is 0. The number of rotatable bonds is 1. The molecule has 1 aliphatic rings. The van der Waals surface area contributed by atoms with Crippen molar-refractivity contribution in [3.05, 3.63) is 101 Å². The monoisotopic (exact) mass is 457 g/mol. The summed E-state index contributed by atoms with van der Waals surface area (Å²) < 4.78 is 6.64. The van der Waals surface area contributed by atoms with E-state index >= 15 is 0 Å². The van der Waals surface area contributed by atoms with E-state index in [9.17, 15) is 0 Å². The lowest BCUT2D eigenvalue weighted by atomic mass is 9.84. The van der Waals surface area contributed by atoms with Crippen molar-refractivity contribution in [2.75, 3.05) is 4.90 Å². The highest BCUT2D eigenvalue weighted by molar-refractivity contribution is 6.11. The summed E-state index contributed by atoms with van der Waals surface area (Å²) in [6, 6.07) is 28.5. The smallest absolute Gasteiger partial charge is 0.152 e. The van der Waals surface area contributed by atoms with E-state index in [1.54, 1.807) is 0 Å². The molecule has 0 radical (unpaired) electrons. The topological polar surface area (TPSA) is 12.5 Å². The first-order valence-electron chi connectivity index (χ1n) is 12.4. The van der Waals surface area contributed by atoms with Crippen molar-refractivity contribution >= 4 is 38.6 Å². The van der Waals surface area contributed by atoms with E-state index in [1.807, 2.05) is 0 Å². The Bertz CT molecular complexity index is 1610. The minimum absolute atomic E-state index is 0.0887. The second-order valence-corrected chi connectivity index (χ2v) is 10.9. The van der Waals surface area contributed by atoms with Crippen molar-refractivity contribution in [3.8, 4) is 11.5 Å². The van der Waals surface area contributed by atoms with Crippen molar-refractivity contribution in [3.63, 3.8) is 0 Å². The highest BCUT2D eigenvalue weighted by Crippen LogP contribution is 2.57. The van der Waals surface area contributed by atoms with Crippen LogP contribution in [-0.2, 0) is 5.41 Å². The van der Waals surface area contributed by atoms with Crippen LogP contribution in [0.3, 0.4) is 0 Å². The molecule has 0 spiro atoms. The van der Waals surface area contributed by atoms with Crippen molar-refractivity contribution < 1.29 is 4.74 Å². The Morgan fingerprint density at radius 1 is 0.571 bits per heavy atom. The van der Waals surface area contributed by atoms with Gasteiger partial charge in [-0.25, -0.2) is 0 Å². The predicted octanol–water partition coefficient (Wildman–Crippen LogP) is 9.79. The summed E-state index contributed by atoms with van der Waals surface area (Å²) in [5, 5.41) is 4.87. The first-order valence-corrected chi connectivity index (χ1v) is 12.4. The average Bonchev–Trinajstić information content (AvgIpc) is 2.82. The van der Waals surface area contributed by atoms with Crippen LogP contribution in [0.5, 0.6) is 11.5 Å². The number of aryl methyl sites for hydroxylation is 3. The molecule has 0 saturated heterocycles. The normalized spacial score (nSPS) is 13.0. The maximum atomic E-state index is 6.64. The molecule has 1 aliphatic heterocycles. The number of fused-ring (bicyclic) bond motifs is 6. The summed E-state index contributed by atoms with van der Waals surface area (Å²) in [5.41, 5.74) is 8.67. The van der Waals surface area contributed by atoms with Crippen LogP contribution in [0.2, 0.25) is 0 Å². The molecule has 0 aromatic heterocycles. The molecule has 0 atom stereocenters. The number of hydrogen-bond acceptors (Lipinski definition) is 2. The van der Waals surface area contributed by atoms with Crippen LogP contribution in [0.1, 0.15) is 43.0 Å². The van der Waals surface area contributed by atoms with Gasteiger partial charge in [-0.3, -0.25) is 0 Å². The Morgan fingerprint density at radius 3 is 1.86 bits per heavy atom. The van der Waals surface area contributed by atoms with Crippen LogP contribution in [-0.4, -0.2) is 0 Å². The second kappa shape index (κ2) is 7.61. The third-order valence-corrected chi connectivity index (χ3v) is 7.30. The van der Waals surface area contributed by atoms with Gasteiger partial charge >= 0.3 is 0 Å². The number of hydrogen-bond donors (Lipinski definition) is 0. The molecule has 1 heterocycles. The van der Waals surface area contributed by atoms with Crippen molar-refractivity contribution in [2.24, 2.45) is 0 Å². The van der Waals surface area contributed by atoms with Crippen molar-refractivity contribution in [1.82, 2.24) is 0 Å². The highest BCUT2D eigenvalue weighted by Gasteiger charge is 2.32. The van der Waals surface area contributed by atoms with Gasteiger partial charge in [0.15, 0.2) is 11.5 Å². The second-order valence-electron chi connectivity index (χ2n) is 10.9. The van der Waals surface area contributed by atoms with Gasteiger partial charge in [-0.2, -0.15) is 0 Å². The fourth-order valence-corrected chi connectivity index (χ4v) is 5.56. The average molecular weight is 458 g/mol. The highest BCUT2D eigenvalue weighted by atomic mass is 16.5. The SMILES string of the molecule is Cc1cc(C(C)(C)C)cc(C)c1N1c2c(ccc3ccccc23)Oc2cc(C)c3ccccc3c21. The van der Waals surface area contributed by atoms with Gasteiger partial charge < -0.3 is 9.64 Å². The quantitative estimate of drug-likeness (QED) is 0.244. The predicted molar refractivity (Wildman–Crippen MR) is 149 cm³/mol. The lowest BCUT2D eigenvalue weighted by Gasteiger charge is -2.37. The maximum Gasteiger partial charge on any atom is 0.152 e. The molecule has 0 bridgehead atoms. The third kappa shape index (κ3) is 3.31. The summed E-state index contributed by atoms with van der Waals surface area (Å²) in [6.07, 6.45) is 0. The molecular formula is C33H31NO. The van der Waals surface area contributed by atoms with Gasteiger partial charge in [0.05, 0.1) is 17.1 Å². The molecule has 0 fully saturated rings. The lowest BCUT2D eigenvalue weighted by molar-refractivity contribution is 0.478. The molecule has 5 aromatic rings. The van der Waals surface area contributed by atoms with Gasteiger partial charge in [0.2, 0.25) is 0 Å². The van der Waals surface area contributed by atoms with E-state index in [4.69, 9.17) is 4.74 Å². The zero-order valence-corrected chi connectivity index (χ0v) is 21.4. The summed E-state index contributed by atoms with van der Waals surface area (Å²) in [6.45, 7) is 13.5. The van der Waals surface area contributed by atoms with Crippen LogP contribution in [0.15, 0.2) is 78.9 Å². The molecule has 6 rings (SSSR count). The van der Waals surface area contributed by atoms with Crippen molar-refractivity contribution in [2.45, 2.75) is 47.0 Å². The fraction of sp³-hybridized carbons (Fsp3) is 0.212. The Morgan fingerprint density at radius 2 is 1.17 bits per heavy atom. The van der Waals surface area contributed by atoms with E-state index in [1.165, 1.54) is 49.5 Å². The molecule has 2 nitrogen and oxygen atoms in total. The van der Waals surface area contributed by atoms with Gasteiger partial charge in [0.1, 0.15) is 0 Å². The zero-order chi connectivity index (χ0) is 24.5. The Labute approximate surface area is 207 Å². The first kappa shape index (κ1) is 21.7. The Balaban J connectivity index is 1.76. The molecule has 2 heteroatoms. The molecule has 0 aliphatic carbocycles. The fourth-order valence-electron chi connectivity index (χ4n) is 5.56. The number of ether oxygens (including phenoxy) is 1. The van der Waals surface area contributed by atoms with Gasteiger partial charge in [0, 0.05) is 10.8 Å². The summed E-state index contributed by atoms with van der Waals surface area (Å²) in [7, 11) is 0. The lowest BCUT2D eigenvalue weighted by Crippen LogP contribution is -2.20. The summed E-state index contributed by atoms with van der Waals surface area (Å²) in [5.74, 6) is 1.80. The molecule has 174 valence electrons. The van der Waals surface area contributed by atoms with Gasteiger partial charge in [-0.15, -0.1) is 0 Å². The minimum Gasteiger partial charge on any atom is -0.453 e. The Kier molecular flexibility index (Phi) is 4.73. The number of nitrogens with zero attached hydrogens (tertiary/aromatic N) is 1. The molecule has 0 amide bonds. The van der Waals surface area contributed by atoms with E-state index < -0.39 is 0 Å². The van der Waals surface area contributed by atoms with Gasteiger partial charge in [0.25, 0.3) is 0 Å². The van der Waals surface area contributed by atoms with Crippen molar-refractivity contribution in [1.29, 1.82) is 0 Å². The summed E-state index contributed by atoms with van der Waals surface area (Å²) in [4.78, 5) is 2.47. The largest absolute Gasteiger partial charge is 0.453 e. The van der Waals surface area contributed by atoms with Crippen LogP contribution in [0.25, 0.3) is 21.5 Å². The third-order valence-electron chi connectivity index (χ3n) is 7.30. The van der Waals surface area contributed by atoms with Crippen LogP contribution < -0.4 is 9.64 Å².